The van der Waals surface area contributed by atoms with E-state index in [2.05, 4.69) is 20.5 Å². The summed E-state index contributed by atoms with van der Waals surface area (Å²) in [7, 11) is 0. The number of thiazole rings is 1. The molecule has 0 bridgehead atoms. The summed E-state index contributed by atoms with van der Waals surface area (Å²) in [6.07, 6.45) is 1.69. The van der Waals surface area contributed by atoms with Gasteiger partial charge < -0.3 is 9.88 Å². The number of hydrogen-bond acceptors (Lipinski definition) is 8. The largest absolute Gasteiger partial charge is 0.306 e. The minimum atomic E-state index is -0.220. The molecule has 28 heavy (non-hydrogen) atoms. The average Bonchev–Trinajstić information content (AvgIpc) is 3.35. The lowest BCUT2D eigenvalue weighted by atomic mass is 10.1. The number of anilines is 1. The maximum atomic E-state index is 12.3. The normalized spacial score (nSPS) is 10.4. The number of hydrogen-bond donors (Lipinski definition) is 1. The van der Waals surface area contributed by atoms with Crippen LogP contribution in [0.3, 0.4) is 0 Å². The molecule has 2 aromatic heterocycles. The van der Waals surface area contributed by atoms with Crippen molar-refractivity contribution in [2.45, 2.75) is 25.0 Å². The maximum Gasteiger partial charge on any atom is 0.233 e. The molecule has 0 saturated carbocycles. The van der Waals surface area contributed by atoms with Gasteiger partial charge in [-0.05, 0) is 19.1 Å². The summed E-state index contributed by atoms with van der Waals surface area (Å²) in [6.45, 7) is 2.51. The number of carbonyl (C=O) groups excluding carboxylic acids is 2. The van der Waals surface area contributed by atoms with Gasteiger partial charge in [0.05, 0.1) is 23.8 Å². The van der Waals surface area contributed by atoms with Gasteiger partial charge >= 0.3 is 0 Å². The highest BCUT2D eigenvalue weighted by molar-refractivity contribution is 7.99. The Hall–Kier alpha value is -3.03. The lowest BCUT2D eigenvalue weighted by Gasteiger charge is -2.07. The minimum absolute atomic E-state index is 0.0665. The van der Waals surface area contributed by atoms with E-state index in [1.807, 2.05) is 17.6 Å². The summed E-state index contributed by atoms with van der Waals surface area (Å²) in [4.78, 5) is 28.5. The van der Waals surface area contributed by atoms with Crippen molar-refractivity contribution < 1.29 is 9.59 Å². The molecule has 1 amide bonds. The van der Waals surface area contributed by atoms with Crippen LogP contribution in [0.5, 0.6) is 0 Å². The summed E-state index contributed by atoms with van der Waals surface area (Å²) in [6, 6.07) is 8.54. The third-order valence-electron chi connectivity index (χ3n) is 3.78. The lowest BCUT2D eigenvalue weighted by Crippen LogP contribution is -2.17. The van der Waals surface area contributed by atoms with Crippen LogP contribution in [0.15, 0.2) is 41.0 Å². The van der Waals surface area contributed by atoms with Gasteiger partial charge in [0.1, 0.15) is 5.82 Å². The van der Waals surface area contributed by atoms with E-state index in [4.69, 9.17) is 5.26 Å². The summed E-state index contributed by atoms with van der Waals surface area (Å²) in [5.74, 6) is 0.436. The monoisotopic (exact) mass is 412 g/mol. The van der Waals surface area contributed by atoms with Crippen LogP contribution in [0.2, 0.25) is 0 Å². The number of nitriles is 1. The van der Waals surface area contributed by atoms with Crippen LogP contribution < -0.4 is 5.32 Å². The van der Waals surface area contributed by atoms with Crippen molar-refractivity contribution in [1.29, 1.82) is 5.26 Å². The van der Waals surface area contributed by atoms with Crippen LogP contribution in [0, 0.1) is 11.3 Å². The van der Waals surface area contributed by atoms with Gasteiger partial charge in [0, 0.05) is 23.7 Å². The molecule has 3 rings (SSSR count). The second-order valence-electron chi connectivity index (χ2n) is 5.61. The van der Waals surface area contributed by atoms with Crippen LogP contribution in [0.4, 0.5) is 5.13 Å². The van der Waals surface area contributed by atoms with E-state index < -0.39 is 0 Å². The number of aromatic nitrogens is 4. The summed E-state index contributed by atoms with van der Waals surface area (Å²) in [5.41, 5.74) is 1.05. The van der Waals surface area contributed by atoms with E-state index in [1.54, 1.807) is 35.8 Å². The van der Waals surface area contributed by atoms with Crippen molar-refractivity contribution in [1.82, 2.24) is 19.7 Å². The van der Waals surface area contributed by atoms with E-state index in [0.29, 0.717) is 33.8 Å². The van der Waals surface area contributed by atoms with Gasteiger partial charge in [-0.2, -0.15) is 5.26 Å². The molecule has 3 aromatic rings. The highest BCUT2D eigenvalue weighted by Gasteiger charge is 2.17. The molecule has 0 aliphatic rings. The number of carbonyl (C=O) groups is 2. The van der Waals surface area contributed by atoms with Gasteiger partial charge in [0.15, 0.2) is 16.1 Å². The number of thioether (sulfide) groups is 1. The molecule has 1 N–H and O–H groups in total. The highest BCUT2D eigenvalue weighted by atomic mass is 32.2. The van der Waals surface area contributed by atoms with Crippen LogP contribution in [-0.4, -0.2) is 37.2 Å². The quantitative estimate of drug-likeness (QED) is 0.447. The Balaban J connectivity index is 1.62. The van der Waals surface area contributed by atoms with Crippen molar-refractivity contribution in [2.24, 2.45) is 0 Å². The van der Waals surface area contributed by atoms with Crippen LogP contribution in [0.1, 0.15) is 28.7 Å². The Morgan fingerprint density at radius 1 is 1.29 bits per heavy atom. The summed E-state index contributed by atoms with van der Waals surface area (Å²) >= 11 is 2.61. The van der Waals surface area contributed by atoms with Gasteiger partial charge in [-0.25, -0.2) is 4.98 Å². The second kappa shape index (κ2) is 9.25. The lowest BCUT2D eigenvalue weighted by molar-refractivity contribution is -0.115. The first-order chi connectivity index (χ1) is 13.6. The predicted molar refractivity (Wildman–Crippen MR) is 106 cm³/mol. The van der Waals surface area contributed by atoms with Gasteiger partial charge in [0.2, 0.25) is 5.91 Å². The number of Topliss-reactive ketones (excluding diaryl/α,β-unsaturated/α-hetero) is 1. The molecular formula is C18H16N6O2S2. The molecular weight excluding hydrogens is 396 g/mol. The Morgan fingerprint density at radius 3 is 2.71 bits per heavy atom. The van der Waals surface area contributed by atoms with E-state index in [-0.39, 0.29) is 23.9 Å². The van der Waals surface area contributed by atoms with Crippen molar-refractivity contribution in [3.05, 3.63) is 52.8 Å². The number of nitrogens with zero attached hydrogens (tertiary/aromatic N) is 5. The molecule has 0 aliphatic carbocycles. The molecule has 0 saturated heterocycles. The van der Waals surface area contributed by atoms with Crippen molar-refractivity contribution in [2.75, 3.05) is 11.1 Å². The van der Waals surface area contributed by atoms with E-state index in [0.717, 1.165) is 0 Å². The van der Waals surface area contributed by atoms with Crippen LogP contribution >= 0.6 is 23.1 Å². The molecule has 1 aromatic carbocycles. The molecule has 0 unspecified atom stereocenters. The summed E-state index contributed by atoms with van der Waals surface area (Å²) < 4.78 is 1.82. The number of benzene rings is 1. The smallest absolute Gasteiger partial charge is 0.233 e. The average molecular weight is 413 g/mol. The predicted octanol–water partition coefficient (Wildman–Crippen LogP) is 2.78. The number of amides is 1. The highest BCUT2D eigenvalue weighted by Crippen LogP contribution is 2.19. The van der Waals surface area contributed by atoms with Crippen molar-refractivity contribution in [3.63, 3.8) is 0 Å². The van der Waals surface area contributed by atoms with Crippen molar-refractivity contribution >= 4 is 39.9 Å². The molecule has 10 heteroatoms. The maximum absolute atomic E-state index is 12.3. The SMILES string of the molecule is CCn1c(CC(=O)Nc2nccs2)nnc1SCC(=O)c1ccc(C#N)cc1. The molecule has 142 valence electrons. The van der Waals surface area contributed by atoms with Crippen LogP contribution in [-0.2, 0) is 17.8 Å². The molecule has 0 fully saturated rings. The zero-order chi connectivity index (χ0) is 19.9. The molecule has 8 nitrogen and oxygen atoms in total. The number of nitrogens with one attached hydrogen (secondary N) is 1. The zero-order valence-corrected chi connectivity index (χ0v) is 16.6. The fourth-order valence-electron chi connectivity index (χ4n) is 2.41. The van der Waals surface area contributed by atoms with E-state index >= 15 is 0 Å². The molecule has 0 aliphatic heterocycles. The molecule has 0 radical (unpaired) electrons. The molecule has 2 heterocycles. The van der Waals surface area contributed by atoms with Gasteiger partial charge in [-0.15, -0.1) is 21.5 Å². The number of rotatable bonds is 8. The Bertz CT molecular complexity index is 1010. The molecule has 0 spiro atoms. The first-order valence-corrected chi connectivity index (χ1v) is 10.2. The first-order valence-electron chi connectivity index (χ1n) is 8.38. The van der Waals surface area contributed by atoms with E-state index in [9.17, 15) is 9.59 Å². The fraction of sp³-hybridized carbons (Fsp3) is 0.222. The fourth-order valence-corrected chi connectivity index (χ4v) is 3.87. The van der Waals surface area contributed by atoms with E-state index in [1.165, 1.54) is 23.1 Å². The van der Waals surface area contributed by atoms with Gasteiger partial charge in [-0.1, -0.05) is 23.9 Å². The van der Waals surface area contributed by atoms with Gasteiger partial charge in [-0.3, -0.25) is 9.59 Å². The number of ketones is 1. The third kappa shape index (κ3) is 4.82. The third-order valence-corrected chi connectivity index (χ3v) is 5.43. The van der Waals surface area contributed by atoms with Crippen LogP contribution in [0.25, 0.3) is 0 Å². The Morgan fingerprint density at radius 2 is 2.07 bits per heavy atom. The zero-order valence-electron chi connectivity index (χ0n) is 15.0. The topological polar surface area (TPSA) is 114 Å². The standard InChI is InChI=1S/C18H16N6O2S2/c1-2-24-15(9-16(26)21-17-20-7-8-27-17)22-23-18(24)28-11-14(25)13-5-3-12(10-19)4-6-13/h3-8H,2,9,11H2,1H3,(H,20,21,26). The summed E-state index contributed by atoms with van der Waals surface area (Å²) in [5, 5.41) is 22.7. The Labute approximate surface area is 169 Å². The van der Waals surface area contributed by atoms with Crippen molar-refractivity contribution in [3.8, 4) is 6.07 Å². The first kappa shape index (κ1) is 19.7. The second-order valence-corrected chi connectivity index (χ2v) is 7.44. The minimum Gasteiger partial charge on any atom is -0.306 e. The molecule has 0 atom stereocenters. The van der Waals surface area contributed by atoms with Gasteiger partial charge in [0.25, 0.3) is 0 Å². The Kier molecular flexibility index (Phi) is 6.52.